The van der Waals surface area contributed by atoms with Gasteiger partial charge in [0.1, 0.15) is 23.0 Å². The van der Waals surface area contributed by atoms with Crippen LogP contribution >= 0.6 is 0 Å². The molecule has 2 aromatic heterocycles. The van der Waals surface area contributed by atoms with Crippen molar-refractivity contribution in [3.05, 3.63) is 48.0 Å². The molecular weight excluding hydrogens is 255 g/mol. The summed E-state index contributed by atoms with van der Waals surface area (Å²) in [4.78, 5) is 7.84. The van der Waals surface area contributed by atoms with Crippen LogP contribution in [0.4, 0.5) is 13.2 Å². The zero-order valence-electron chi connectivity index (χ0n) is 9.86. The van der Waals surface area contributed by atoms with E-state index in [1.165, 1.54) is 16.8 Å². The van der Waals surface area contributed by atoms with Crippen molar-refractivity contribution in [2.24, 2.45) is 7.05 Å². The lowest BCUT2D eigenvalue weighted by Gasteiger charge is -2.02. The predicted octanol–water partition coefficient (Wildman–Crippen LogP) is 3.05. The van der Waals surface area contributed by atoms with Gasteiger partial charge in [0.15, 0.2) is 5.82 Å². The predicted molar refractivity (Wildman–Crippen MR) is 63.8 cm³/mol. The molecule has 0 aliphatic carbocycles. The number of aromatic nitrogens is 3. The second-order valence-electron chi connectivity index (χ2n) is 4.14. The molecule has 3 nitrogen and oxygen atoms in total. The van der Waals surface area contributed by atoms with E-state index in [9.17, 15) is 13.2 Å². The van der Waals surface area contributed by atoms with Crippen molar-refractivity contribution < 1.29 is 13.2 Å². The Morgan fingerprint density at radius 3 is 2.53 bits per heavy atom. The van der Waals surface area contributed by atoms with Crippen LogP contribution < -0.4 is 0 Å². The molecule has 3 rings (SSSR count). The van der Waals surface area contributed by atoms with Crippen molar-refractivity contribution in [2.75, 3.05) is 0 Å². The van der Waals surface area contributed by atoms with Gasteiger partial charge in [-0.25, -0.2) is 18.2 Å². The maximum Gasteiger partial charge on any atom is 0.152 e. The highest BCUT2D eigenvalue weighted by Crippen LogP contribution is 2.26. The Kier molecular flexibility index (Phi) is 2.51. The maximum atomic E-state index is 13.7. The highest BCUT2D eigenvalue weighted by Gasteiger charge is 2.15. The molecule has 0 saturated heterocycles. The summed E-state index contributed by atoms with van der Waals surface area (Å²) in [6.07, 6.45) is 2.48. The van der Waals surface area contributed by atoms with Crippen molar-refractivity contribution in [3.63, 3.8) is 0 Å². The normalized spacial score (nSPS) is 11.2. The largest absolute Gasteiger partial charge is 0.325 e. The topological polar surface area (TPSA) is 30.7 Å². The molecule has 0 N–H and O–H groups in total. The van der Waals surface area contributed by atoms with E-state index >= 15 is 0 Å². The summed E-state index contributed by atoms with van der Waals surface area (Å²) in [5.74, 6) is -1.60. The standard InChI is InChI=1S/C13H8F3N3/c1-19-12-10(16)3-8(14)4-11(12)18-13(19)7-2-9(15)6-17-5-7/h2-6H,1H3. The lowest BCUT2D eigenvalue weighted by Crippen LogP contribution is -1.95. The van der Waals surface area contributed by atoms with E-state index in [4.69, 9.17) is 0 Å². The molecule has 6 heteroatoms. The number of aryl methyl sites for hydroxylation is 1. The fourth-order valence-electron chi connectivity index (χ4n) is 2.06. The Balaban J connectivity index is 2.31. The Hall–Kier alpha value is -2.37. The zero-order valence-corrected chi connectivity index (χ0v) is 9.86. The van der Waals surface area contributed by atoms with Gasteiger partial charge in [0.2, 0.25) is 0 Å². The van der Waals surface area contributed by atoms with Crippen molar-refractivity contribution in [3.8, 4) is 11.4 Å². The number of fused-ring (bicyclic) bond motifs is 1. The third kappa shape index (κ3) is 1.85. The summed E-state index contributed by atoms with van der Waals surface area (Å²) in [7, 11) is 1.58. The van der Waals surface area contributed by atoms with Gasteiger partial charge in [-0.15, -0.1) is 0 Å². The Bertz CT molecular complexity index is 780. The van der Waals surface area contributed by atoms with E-state index in [2.05, 4.69) is 9.97 Å². The number of hydrogen-bond donors (Lipinski definition) is 0. The Morgan fingerprint density at radius 2 is 1.79 bits per heavy atom. The van der Waals surface area contributed by atoms with E-state index < -0.39 is 17.5 Å². The monoisotopic (exact) mass is 263 g/mol. The van der Waals surface area contributed by atoms with Crippen LogP contribution in [0, 0.1) is 17.5 Å². The van der Waals surface area contributed by atoms with Gasteiger partial charge in [-0.2, -0.15) is 0 Å². The Morgan fingerprint density at radius 1 is 1.00 bits per heavy atom. The molecule has 0 aliphatic rings. The molecule has 0 atom stereocenters. The van der Waals surface area contributed by atoms with E-state index in [0.717, 1.165) is 18.3 Å². The number of imidazole rings is 1. The first kappa shape index (κ1) is 11.7. The summed E-state index contributed by atoms with van der Waals surface area (Å²) in [5.41, 5.74) is 0.749. The van der Waals surface area contributed by atoms with Crippen molar-refractivity contribution in [1.29, 1.82) is 0 Å². The minimum atomic E-state index is -0.708. The average molecular weight is 263 g/mol. The number of benzene rings is 1. The first-order valence-electron chi connectivity index (χ1n) is 5.48. The van der Waals surface area contributed by atoms with Crippen LogP contribution in [0.3, 0.4) is 0 Å². The number of nitrogens with zero attached hydrogens (tertiary/aromatic N) is 3. The Labute approximate surface area is 106 Å². The van der Waals surface area contributed by atoms with Crippen LogP contribution in [0.1, 0.15) is 0 Å². The van der Waals surface area contributed by atoms with E-state index in [-0.39, 0.29) is 11.0 Å². The van der Waals surface area contributed by atoms with Crippen molar-refractivity contribution in [1.82, 2.24) is 14.5 Å². The van der Waals surface area contributed by atoms with Crippen LogP contribution in [0.25, 0.3) is 22.4 Å². The minimum absolute atomic E-state index is 0.167. The molecule has 1 aromatic carbocycles. The molecule has 0 fully saturated rings. The van der Waals surface area contributed by atoms with Gasteiger partial charge in [-0.05, 0) is 6.07 Å². The summed E-state index contributed by atoms with van der Waals surface area (Å²) in [6.45, 7) is 0. The number of halogens is 3. The second kappa shape index (κ2) is 4.08. The molecule has 2 heterocycles. The van der Waals surface area contributed by atoms with Crippen molar-refractivity contribution in [2.45, 2.75) is 0 Å². The van der Waals surface area contributed by atoms with Gasteiger partial charge in [0.05, 0.1) is 11.7 Å². The molecule has 0 unspecified atom stereocenters. The lowest BCUT2D eigenvalue weighted by molar-refractivity contribution is 0.588. The van der Waals surface area contributed by atoms with Crippen molar-refractivity contribution >= 4 is 11.0 Å². The zero-order chi connectivity index (χ0) is 13.6. The molecule has 0 aliphatic heterocycles. The second-order valence-corrected chi connectivity index (χ2v) is 4.14. The number of rotatable bonds is 1. The first-order chi connectivity index (χ1) is 9.06. The van der Waals surface area contributed by atoms with Gasteiger partial charge in [-0.1, -0.05) is 0 Å². The van der Waals surface area contributed by atoms with Crippen LogP contribution in [-0.4, -0.2) is 14.5 Å². The average Bonchev–Trinajstić information content (AvgIpc) is 2.66. The molecule has 3 aromatic rings. The van der Waals surface area contributed by atoms with Crippen LogP contribution in [0.2, 0.25) is 0 Å². The maximum absolute atomic E-state index is 13.7. The van der Waals surface area contributed by atoms with Crippen LogP contribution in [-0.2, 0) is 7.05 Å². The number of hydrogen-bond acceptors (Lipinski definition) is 2. The SMILES string of the molecule is Cn1c(-c2cncc(F)c2)nc2cc(F)cc(F)c21. The molecule has 0 saturated carbocycles. The lowest BCUT2D eigenvalue weighted by atomic mass is 10.2. The van der Waals surface area contributed by atoms with E-state index in [1.807, 2.05) is 0 Å². The molecular formula is C13H8F3N3. The number of pyridine rings is 1. The summed E-state index contributed by atoms with van der Waals surface area (Å²) < 4.78 is 41.5. The van der Waals surface area contributed by atoms with Gasteiger partial charge in [0.25, 0.3) is 0 Å². The quantitative estimate of drug-likeness (QED) is 0.675. The molecule has 0 amide bonds. The third-order valence-electron chi connectivity index (χ3n) is 2.85. The summed E-state index contributed by atoms with van der Waals surface area (Å²) in [5, 5.41) is 0. The van der Waals surface area contributed by atoms with Gasteiger partial charge >= 0.3 is 0 Å². The third-order valence-corrected chi connectivity index (χ3v) is 2.85. The summed E-state index contributed by atoms with van der Waals surface area (Å²) in [6, 6.07) is 3.16. The molecule has 0 radical (unpaired) electrons. The fraction of sp³-hybridized carbons (Fsp3) is 0.0769. The fourth-order valence-corrected chi connectivity index (χ4v) is 2.06. The summed E-state index contributed by atoms with van der Waals surface area (Å²) >= 11 is 0. The minimum Gasteiger partial charge on any atom is -0.325 e. The van der Waals surface area contributed by atoms with Crippen LogP contribution in [0.5, 0.6) is 0 Å². The van der Waals surface area contributed by atoms with Gasteiger partial charge in [0, 0.05) is 30.9 Å². The highest BCUT2D eigenvalue weighted by molar-refractivity contribution is 5.81. The van der Waals surface area contributed by atoms with Gasteiger partial charge in [-0.3, -0.25) is 4.98 Å². The molecule has 0 spiro atoms. The van der Waals surface area contributed by atoms with Crippen LogP contribution in [0.15, 0.2) is 30.6 Å². The smallest absolute Gasteiger partial charge is 0.152 e. The first-order valence-corrected chi connectivity index (χ1v) is 5.48. The highest BCUT2D eigenvalue weighted by atomic mass is 19.1. The van der Waals surface area contributed by atoms with E-state index in [0.29, 0.717) is 11.4 Å². The van der Waals surface area contributed by atoms with Gasteiger partial charge < -0.3 is 4.57 Å². The molecule has 19 heavy (non-hydrogen) atoms. The molecule has 96 valence electrons. The molecule has 0 bridgehead atoms. The van der Waals surface area contributed by atoms with E-state index in [1.54, 1.807) is 7.05 Å².